The summed E-state index contributed by atoms with van der Waals surface area (Å²) in [5.41, 5.74) is 0.875. The summed E-state index contributed by atoms with van der Waals surface area (Å²) in [5, 5.41) is 0. The molecular weight excluding hydrogens is 508 g/mol. The summed E-state index contributed by atoms with van der Waals surface area (Å²) in [6.07, 6.45) is 5.09. The number of carbonyl (C=O) groups excluding carboxylic acids is 2. The van der Waals surface area contributed by atoms with Crippen LogP contribution >= 0.6 is 0 Å². The van der Waals surface area contributed by atoms with Crippen molar-refractivity contribution in [2.45, 2.75) is 19.3 Å². The molecular formula is C31H36N4O5. The van der Waals surface area contributed by atoms with Gasteiger partial charge in [0.1, 0.15) is 17.9 Å². The van der Waals surface area contributed by atoms with E-state index in [0.29, 0.717) is 54.6 Å². The number of benzene rings is 2. The summed E-state index contributed by atoms with van der Waals surface area (Å²) in [5.74, 6) is 1.46. The molecule has 0 N–H and O–H groups in total. The minimum atomic E-state index is -0.238. The highest BCUT2D eigenvalue weighted by Gasteiger charge is 2.23. The Labute approximate surface area is 235 Å². The molecule has 9 nitrogen and oxygen atoms in total. The molecule has 2 aromatic carbocycles. The smallest absolute Gasteiger partial charge is 0.259 e. The number of likely N-dealkylation sites (N-methyl/N-ethyl adjacent to an activating group) is 1. The highest BCUT2D eigenvalue weighted by Crippen LogP contribution is 2.32. The molecule has 1 aromatic heterocycles. The van der Waals surface area contributed by atoms with Gasteiger partial charge in [-0.05, 0) is 74.8 Å². The molecule has 3 aromatic rings. The van der Waals surface area contributed by atoms with Gasteiger partial charge in [0.15, 0.2) is 11.5 Å². The second-order valence-corrected chi connectivity index (χ2v) is 10.1. The third kappa shape index (κ3) is 6.90. The number of ether oxygens (including phenoxy) is 3. The van der Waals surface area contributed by atoms with Crippen LogP contribution in [0.5, 0.6) is 23.1 Å². The number of aromatic nitrogens is 1. The van der Waals surface area contributed by atoms with E-state index >= 15 is 0 Å². The average Bonchev–Trinajstić information content (AvgIpc) is 3.51. The van der Waals surface area contributed by atoms with Crippen LogP contribution in [0.15, 0.2) is 66.9 Å². The lowest BCUT2D eigenvalue weighted by molar-refractivity contribution is 0.0669. The van der Waals surface area contributed by atoms with Gasteiger partial charge < -0.3 is 28.9 Å². The summed E-state index contributed by atoms with van der Waals surface area (Å²) in [4.78, 5) is 37.0. The predicted molar refractivity (Wildman–Crippen MR) is 151 cm³/mol. The van der Waals surface area contributed by atoms with E-state index in [2.05, 4.69) is 9.88 Å². The van der Waals surface area contributed by atoms with Gasteiger partial charge in [0.25, 0.3) is 11.8 Å². The molecule has 1 fully saturated rings. The molecule has 40 heavy (non-hydrogen) atoms. The van der Waals surface area contributed by atoms with Crippen molar-refractivity contribution in [2.75, 3.05) is 59.5 Å². The maximum atomic E-state index is 13.6. The Hall–Kier alpha value is -4.11. The molecule has 0 bridgehead atoms. The van der Waals surface area contributed by atoms with E-state index in [0.717, 1.165) is 13.0 Å². The SMILES string of the molecule is CN1CCN(C(=O)c2cccc(OCCCN3CCCC3)c2)CCOc2ccccc2Oc2ncccc2C1=O. The van der Waals surface area contributed by atoms with Crippen LogP contribution in [-0.2, 0) is 0 Å². The first kappa shape index (κ1) is 27.5. The molecule has 0 unspecified atom stereocenters. The summed E-state index contributed by atoms with van der Waals surface area (Å²) in [7, 11) is 1.71. The standard InChI is InChI=1S/C31H36N4O5/c1-33-18-19-35(30(36)24-9-6-10-25(23-24)38-21-8-17-34-15-4-5-16-34)20-22-39-27-12-2-3-13-28(27)40-29-26(31(33)37)11-7-14-32-29/h2-3,6-7,9-14,23H,4-5,8,15-22H2,1H3. The number of amides is 2. The van der Waals surface area contributed by atoms with E-state index in [4.69, 9.17) is 14.2 Å². The fourth-order valence-electron chi connectivity index (χ4n) is 4.94. The number of hydrogen-bond donors (Lipinski definition) is 0. The monoisotopic (exact) mass is 544 g/mol. The third-order valence-electron chi connectivity index (χ3n) is 7.18. The summed E-state index contributed by atoms with van der Waals surface area (Å²) < 4.78 is 18.0. The molecule has 0 atom stereocenters. The quantitative estimate of drug-likeness (QED) is 0.427. The molecule has 0 aliphatic carbocycles. The first-order chi connectivity index (χ1) is 19.6. The van der Waals surface area contributed by atoms with E-state index < -0.39 is 0 Å². The topological polar surface area (TPSA) is 84.4 Å². The lowest BCUT2D eigenvalue weighted by Gasteiger charge is -2.26. The number of para-hydroxylation sites is 2. The normalized spacial score (nSPS) is 16.5. The van der Waals surface area contributed by atoms with Crippen molar-refractivity contribution in [3.05, 3.63) is 78.0 Å². The van der Waals surface area contributed by atoms with Crippen LogP contribution < -0.4 is 14.2 Å². The van der Waals surface area contributed by atoms with Crippen molar-refractivity contribution >= 4 is 11.8 Å². The highest BCUT2D eigenvalue weighted by atomic mass is 16.5. The Kier molecular flexibility index (Phi) is 9.13. The van der Waals surface area contributed by atoms with Gasteiger partial charge in [-0.2, -0.15) is 0 Å². The molecule has 0 spiro atoms. The van der Waals surface area contributed by atoms with Crippen LogP contribution in [0.2, 0.25) is 0 Å². The second kappa shape index (κ2) is 13.3. The molecule has 0 saturated carbocycles. The number of nitrogens with zero attached hydrogens (tertiary/aromatic N) is 4. The fraction of sp³-hybridized carbons (Fsp3) is 0.387. The third-order valence-corrected chi connectivity index (χ3v) is 7.18. The van der Waals surface area contributed by atoms with Crippen molar-refractivity contribution in [1.29, 1.82) is 0 Å². The molecule has 5 rings (SSSR count). The van der Waals surface area contributed by atoms with E-state index in [9.17, 15) is 9.59 Å². The van der Waals surface area contributed by atoms with E-state index in [1.807, 2.05) is 24.3 Å². The molecule has 0 radical (unpaired) electrons. The lowest BCUT2D eigenvalue weighted by atomic mass is 10.2. The molecule has 3 heterocycles. The zero-order chi connectivity index (χ0) is 27.7. The van der Waals surface area contributed by atoms with Gasteiger partial charge in [0, 0.05) is 38.4 Å². The number of carbonyl (C=O) groups is 2. The Bertz CT molecular complexity index is 1310. The van der Waals surface area contributed by atoms with Crippen LogP contribution in [0.1, 0.15) is 40.0 Å². The first-order valence-electron chi connectivity index (χ1n) is 13.9. The molecule has 2 aliphatic heterocycles. The van der Waals surface area contributed by atoms with Gasteiger partial charge in [0.2, 0.25) is 5.88 Å². The minimum Gasteiger partial charge on any atom is -0.494 e. The van der Waals surface area contributed by atoms with Crippen molar-refractivity contribution in [3.63, 3.8) is 0 Å². The summed E-state index contributed by atoms with van der Waals surface area (Å²) >= 11 is 0. The van der Waals surface area contributed by atoms with Gasteiger partial charge in [-0.1, -0.05) is 18.2 Å². The molecule has 2 aliphatic rings. The number of likely N-dealkylation sites (tertiary alicyclic amines) is 1. The van der Waals surface area contributed by atoms with Crippen LogP contribution in [-0.4, -0.2) is 91.0 Å². The van der Waals surface area contributed by atoms with Crippen LogP contribution in [0, 0.1) is 0 Å². The molecule has 2 amide bonds. The first-order valence-corrected chi connectivity index (χ1v) is 13.9. The lowest BCUT2D eigenvalue weighted by Crippen LogP contribution is -2.41. The molecule has 9 heteroatoms. The Morgan fingerprint density at radius 3 is 2.62 bits per heavy atom. The zero-order valence-electron chi connectivity index (χ0n) is 23.0. The number of hydrogen-bond acceptors (Lipinski definition) is 7. The van der Waals surface area contributed by atoms with E-state index in [1.165, 1.54) is 25.9 Å². The van der Waals surface area contributed by atoms with Crippen molar-refractivity contribution in [1.82, 2.24) is 19.7 Å². The maximum Gasteiger partial charge on any atom is 0.259 e. The van der Waals surface area contributed by atoms with Gasteiger partial charge in [-0.3, -0.25) is 9.59 Å². The van der Waals surface area contributed by atoms with Crippen LogP contribution in [0.4, 0.5) is 0 Å². The fourth-order valence-corrected chi connectivity index (χ4v) is 4.94. The second-order valence-electron chi connectivity index (χ2n) is 10.1. The maximum absolute atomic E-state index is 13.6. The number of fused-ring (bicyclic) bond motifs is 2. The molecule has 210 valence electrons. The van der Waals surface area contributed by atoms with Crippen molar-refractivity contribution in [2.24, 2.45) is 0 Å². The van der Waals surface area contributed by atoms with E-state index in [-0.39, 0.29) is 24.3 Å². The summed E-state index contributed by atoms with van der Waals surface area (Å²) in [6.45, 7) is 5.25. The highest BCUT2D eigenvalue weighted by molar-refractivity contribution is 5.96. The summed E-state index contributed by atoms with van der Waals surface area (Å²) in [6, 6.07) is 17.9. The van der Waals surface area contributed by atoms with E-state index in [1.54, 1.807) is 59.4 Å². The number of rotatable bonds is 6. The van der Waals surface area contributed by atoms with Crippen LogP contribution in [0.3, 0.4) is 0 Å². The van der Waals surface area contributed by atoms with Gasteiger partial charge >= 0.3 is 0 Å². The Morgan fingerprint density at radius 2 is 1.77 bits per heavy atom. The molecule has 1 saturated heterocycles. The largest absolute Gasteiger partial charge is 0.494 e. The van der Waals surface area contributed by atoms with Gasteiger partial charge in [0.05, 0.1) is 13.2 Å². The average molecular weight is 545 g/mol. The zero-order valence-corrected chi connectivity index (χ0v) is 23.0. The van der Waals surface area contributed by atoms with Gasteiger partial charge in [-0.25, -0.2) is 4.98 Å². The van der Waals surface area contributed by atoms with Crippen molar-refractivity contribution < 1.29 is 23.8 Å². The van der Waals surface area contributed by atoms with Crippen molar-refractivity contribution in [3.8, 4) is 23.1 Å². The Balaban J connectivity index is 1.29. The Morgan fingerprint density at radius 1 is 0.950 bits per heavy atom. The van der Waals surface area contributed by atoms with Crippen LogP contribution in [0.25, 0.3) is 0 Å². The van der Waals surface area contributed by atoms with Gasteiger partial charge in [-0.15, -0.1) is 0 Å². The minimum absolute atomic E-state index is 0.145. The predicted octanol–water partition coefficient (Wildman–Crippen LogP) is 4.35. The number of pyridine rings is 1.